The SMILES string of the molecule is CNc1ccc(C2CC2(Cl)Cl)c(Cl)c1.Cl. The number of halogens is 4. The van der Waals surface area contributed by atoms with Gasteiger partial charge in [-0.15, -0.1) is 35.6 Å². The van der Waals surface area contributed by atoms with Crippen LogP contribution in [0.1, 0.15) is 17.9 Å². The first-order chi connectivity index (χ1) is 6.54. The van der Waals surface area contributed by atoms with E-state index in [1.165, 1.54) is 0 Å². The minimum Gasteiger partial charge on any atom is -0.388 e. The molecule has 1 nitrogen and oxygen atoms in total. The summed E-state index contributed by atoms with van der Waals surface area (Å²) in [6.07, 6.45) is 0.786. The van der Waals surface area contributed by atoms with Gasteiger partial charge in [0, 0.05) is 23.7 Å². The van der Waals surface area contributed by atoms with Crippen molar-refractivity contribution in [3.8, 4) is 0 Å². The highest BCUT2D eigenvalue weighted by atomic mass is 35.5. The van der Waals surface area contributed by atoms with Gasteiger partial charge in [-0.1, -0.05) is 17.7 Å². The van der Waals surface area contributed by atoms with Crippen LogP contribution in [-0.2, 0) is 0 Å². The monoisotopic (exact) mass is 285 g/mol. The summed E-state index contributed by atoms with van der Waals surface area (Å²) in [5.41, 5.74) is 2.03. The van der Waals surface area contributed by atoms with Crippen molar-refractivity contribution in [2.24, 2.45) is 0 Å². The normalized spacial score (nSPS) is 21.7. The molecule has 2 rings (SSSR count). The fourth-order valence-corrected chi connectivity index (χ4v) is 2.37. The maximum Gasteiger partial charge on any atom is 0.126 e. The molecule has 15 heavy (non-hydrogen) atoms. The summed E-state index contributed by atoms with van der Waals surface area (Å²) in [5, 5.41) is 3.75. The van der Waals surface area contributed by atoms with Crippen molar-refractivity contribution in [2.45, 2.75) is 16.7 Å². The molecule has 1 aliphatic rings. The van der Waals surface area contributed by atoms with Gasteiger partial charge in [0.25, 0.3) is 0 Å². The molecule has 0 spiro atoms. The highest BCUT2D eigenvalue weighted by Crippen LogP contribution is 2.60. The average molecular weight is 287 g/mol. The Kier molecular flexibility index (Phi) is 4.05. The van der Waals surface area contributed by atoms with Crippen molar-refractivity contribution in [3.05, 3.63) is 28.8 Å². The van der Waals surface area contributed by atoms with Gasteiger partial charge in [0.15, 0.2) is 0 Å². The number of nitrogens with one attached hydrogen (secondary N) is 1. The summed E-state index contributed by atoms with van der Waals surface area (Å²) in [4.78, 5) is 0. The third-order valence-corrected chi connectivity index (χ3v) is 3.65. The number of benzene rings is 1. The molecule has 5 heteroatoms. The Morgan fingerprint density at radius 1 is 1.40 bits per heavy atom. The molecular weight excluding hydrogens is 276 g/mol. The predicted octanol–water partition coefficient (Wildman–Crippen LogP) is 4.46. The van der Waals surface area contributed by atoms with E-state index in [-0.39, 0.29) is 18.3 Å². The average Bonchev–Trinajstić information content (AvgIpc) is 2.74. The van der Waals surface area contributed by atoms with E-state index < -0.39 is 4.33 Å². The zero-order valence-corrected chi connectivity index (χ0v) is 11.1. The van der Waals surface area contributed by atoms with E-state index in [0.29, 0.717) is 0 Å². The molecule has 1 aliphatic carbocycles. The zero-order chi connectivity index (χ0) is 10.3. The Labute approximate surface area is 110 Å². The van der Waals surface area contributed by atoms with E-state index in [0.717, 1.165) is 22.7 Å². The molecular formula is C10H11Cl4N. The van der Waals surface area contributed by atoms with Crippen molar-refractivity contribution in [2.75, 3.05) is 12.4 Å². The lowest BCUT2D eigenvalue weighted by Crippen LogP contribution is -1.93. The Hall–Kier alpha value is 0.180. The first-order valence-corrected chi connectivity index (χ1v) is 5.53. The highest BCUT2D eigenvalue weighted by molar-refractivity contribution is 6.51. The zero-order valence-electron chi connectivity index (χ0n) is 8.06. The Balaban J connectivity index is 0.00000112. The molecule has 0 heterocycles. The molecule has 0 saturated heterocycles. The summed E-state index contributed by atoms with van der Waals surface area (Å²) in [6.45, 7) is 0. The first kappa shape index (κ1) is 13.2. The van der Waals surface area contributed by atoms with Crippen molar-refractivity contribution < 1.29 is 0 Å². The van der Waals surface area contributed by atoms with Crippen LogP contribution >= 0.6 is 47.2 Å². The number of hydrogen-bond donors (Lipinski definition) is 1. The third kappa shape index (κ3) is 2.65. The Morgan fingerprint density at radius 3 is 2.40 bits per heavy atom. The van der Waals surface area contributed by atoms with Gasteiger partial charge in [-0.05, 0) is 24.1 Å². The topological polar surface area (TPSA) is 12.0 Å². The van der Waals surface area contributed by atoms with Gasteiger partial charge in [-0.3, -0.25) is 0 Å². The standard InChI is InChI=1S/C10H10Cl3N.ClH/c1-14-6-2-3-7(9(11)4-6)8-5-10(8,12)13;/h2-4,8,14H,5H2,1H3;1H. The summed E-state index contributed by atoms with van der Waals surface area (Å²) >= 11 is 18.1. The number of anilines is 1. The lowest BCUT2D eigenvalue weighted by molar-refractivity contribution is 1.11. The van der Waals surface area contributed by atoms with Crippen molar-refractivity contribution in [1.29, 1.82) is 0 Å². The molecule has 1 saturated carbocycles. The summed E-state index contributed by atoms with van der Waals surface area (Å²) in [7, 11) is 1.86. The Bertz CT molecular complexity index is 364. The lowest BCUT2D eigenvalue weighted by atomic mass is 10.1. The Morgan fingerprint density at radius 2 is 2.00 bits per heavy atom. The molecule has 1 fully saturated rings. The summed E-state index contributed by atoms with van der Waals surface area (Å²) < 4.78 is -0.606. The molecule has 1 aromatic carbocycles. The summed E-state index contributed by atoms with van der Waals surface area (Å²) in [6, 6.07) is 5.84. The summed E-state index contributed by atoms with van der Waals surface area (Å²) in [5.74, 6) is 0.184. The second kappa shape index (κ2) is 4.58. The maximum absolute atomic E-state index is 6.11. The van der Waals surface area contributed by atoms with E-state index >= 15 is 0 Å². The maximum atomic E-state index is 6.11. The van der Waals surface area contributed by atoms with Crippen LogP contribution in [0, 0.1) is 0 Å². The van der Waals surface area contributed by atoms with Gasteiger partial charge >= 0.3 is 0 Å². The molecule has 84 valence electrons. The number of rotatable bonds is 2. The van der Waals surface area contributed by atoms with Crippen LogP contribution in [-0.4, -0.2) is 11.4 Å². The minimum atomic E-state index is -0.606. The molecule has 0 aliphatic heterocycles. The number of alkyl halides is 2. The van der Waals surface area contributed by atoms with Gasteiger partial charge in [0.1, 0.15) is 4.33 Å². The van der Waals surface area contributed by atoms with Gasteiger partial charge in [0.2, 0.25) is 0 Å². The molecule has 0 bridgehead atoms. The van der Waals surface area contributed by atoms with Crippen LogP contribution in [0.2, 0.25) is 5.02 Å². The van der Waals surface area contributed by atoms with Crippen LogP contribution in [0.3, 0.4) is 0 Å². The molecule has 0 amide bonds. The number of hydrogen-bond acceptors (Lipinski definition) is 1. The van der Waals surface area contributed by atoms with Crippen LogP contribution < -0.4 is 5.32 Å². The predicted molar refractivity (Wildman–Crippen MR) is 70.0 cm³/mol. The van der Waals surface area contributed by atoms with E-state index in [1.807, 2.05) is 25.2 Å². The second-order valence-electron chi connectivity index (χ2n) is 3.50. The smallest absolute Gasteiger partial charge is 0.126 e. The fraction of sp³-hybridized carbons (Fsp3) is 0.400. The molecule has 1 aromatic rings. The van der Waals surface area contributed by atoms with Gasteiger partial charge < -0.3 is 5.32 Å². The van der Waals surface area contributed by atoms with Crippen LogP contribution in [0.25, 0.3) is 0 Å². The van der Waals surface area contributed by atoms with Crippen molar-refractivity contribution in [3.63, 3.8) is 0 Å². The molecule has 0 radical (unpaired) electrons. The van der Waals surface area contributed by atoms with Gasteiger partial charge in [-0.2, -0.15) is 0 Å². The van der Waals surface area contributed by atoms with Crippen LogP contribution in [0.5, 0.6) is 0 Å². The largest absolute Gasteiger partial charge is 0.388 e. The third-order valence-electron chi connectivity index (χ3n) is 2.49. The van der Waals surface area contributed by atoms with Crippen LogP contribution in [0.15, 0.2) is 18.2 Å². The molecule has 0 aromatic heterocycles. The fourth-order valence-electron chi connectivity index (χ4n) is 1.52. The lowest BCUT2D eigenvalue weighted by Gasteiger charge is -2.06. The molecule has 1 N–H and O–H groups in total. The first-order valence-electron chi connectivity index (χ1n) is 4.39. The second-order valence-corrected chi connectivity index (χ2v) is 5.45. The highest BCUT2D eigenvalue weighted by Gasteiger charge is 2.53. The molecule has 1 unspecified atom stereocenters. The quantitative estimate of drug-likeness (QED) is 0.791. The van der Waals surface area contributed by atoms with Gasteiger partial charge in [0.05, 0.1) is 0 Å². The van der Waals surface area contributed by atoms with Gasteiger partial charge in [-0.25, -0.2) is 0 Å². The van der Waals surface area contributed by atoms with Crippen molar-refractivity contribution >= 4 is 52.9 Å². The minimum absolute atomic E-state index is 0. The van der Waals surface area contributed by atoms with E-state index in [9.17, 15) is 0 Å². The van der Waals surface area contributed by atoms with Crippen LogP contribution in [0.4, 0.5) is 5.69 Å². The van der Waals surface area contributed by atoms with Crippen molar-refractivity contribution in [1.82, 2.24) is 0 Å². The van der Waals surface area contributed by atoms with E-state index in [4.69, 9.17) is 34.8 Å². The van der Waals surface area contributed by atoms with E-state index in [2.05, 4.69) is 5.32 Å². The molecule has 1 atom stereocenters. The van der Waals surface area contributed by atoms with E-state index in [1.54, 1.807) is 0 Å².